The second-order valence-corrected chi connectivity index (χ2v) is 4.59. The lowest BCUT2D eigenvalue weighted by atomic mass is 10.1. The topological polar surface area (TPSA) is 40.7 Å². The first-order valence-corrected chi connectivity index (χ1v) is 6.50. The lowest BCUT2D eigenvalue weighted by Gasteiger charge is -2.03. The largest absolute Gasteiger partial charge is 0.378 e. The molecule has 5 heteroatoms. The van der Waals surface area contributed by atoms with Crippen LogP contribution >= 0.6 is 0 Å². The van der Waals surface area contributed by atoms with E-state index in [4.69, 9.17) is 0 Å². The fraction of sp³-hybridized carbons (Fsp3) is 0.0625. The molecular formula is C16H13F2N3. The van der Waals surface area contributed by atoms with E-state index in [1.165, 1.54) is 6.20 Å². The van der Waals surface area contributed by atoms with Gasteiger partial charge in [-0.3, -0.25) is 0 Å². The lowest BCUT2D eigenvalue weighted by Crippen LogP contribution is -2.00. The zero-order valence-corrected chi connectivity index (χ0v) is 11.1. The maximum Gasteiger partial charge on any atom is 0.132 e. The van der Waals surface area contributed by atoms with Crippen molar-refractivity contribution in [3.63, 3.8) is 0 Å². The Morgan fingerprint density at radius 1 is 1.05 bits per heavy atom. The maximum absolute atomic E-state index is 13.7. The van der Waals surface area contributed by atoms with E-state index in [0.717, 1.165) is 23.9 Å². The maximum atomic E-state index is 13.7. The van der Waals surface area contributed by atoms with Crippen LogP contribution in [0, 0.1) is 11.6 Å². The Bertz CT molecular complexity index is 738. The summed E-state index contributed by atoms with van der Waals surface area (Å²) >= 11 is 0. The molecule has 0 amide bonds. The van der Waals surface area contributed by atoms with Gasteiger partial charge in [0.15, 0.2) is 0 Å². The fourth-order valence-corrected chi connectivity index (χ4v) is 2.03. The van der Waals surface area contributed by atoms with Crippen molar-refractivity contribution in [2.24, 2.45) is 0 Å². The third-order valence-corrected chi connectivity index (χ3v) is 3.08. The number of para-hydroxylation sites is 1. The Balaban J connectivity index is 1.76. The Morgan fingerprint density at radius 3 is 2.67 bits per heavy atom. The van der Waals surface area contributed by atoms with E-state index in [1.54, 1.807) is 0 Å². The van der Waals surface area contributed by atoms with Gasteiger partial charge in [-0.15, -0.1) is 0 Å². The molecule has 0 fully saturated rings. The Morgan fingerprint density at radius 2 is 1.86 bits per heavy atom. The Hall–Kier alpha value is -2.69. The van der Waals surface area contributed by atoms with E-state index >= 15 is 0 Å². The van der Waals surface area contributed by atoms with Crippen LogP contribution in [0.1, 0.15) is 5.82 Å². The van der Waals surface area contributed by atoms with Gasteiger partial charge in [0, 0.05) is 11.3 Å². The minimum Gasteiger partial charge on any atom is -0.378 e. The summed E-state index contributed by atoms with van der Waals surface area (Å²) in [6.07, 6.45) is 1.50. The van der Waals surface area contributed by atoms with Crippen LogP contribution < -0.4 is 5.32 Å². The van der Waals surface area contributed by atoms with Crippen LogP contribution in [0.15, 0.2) is 54.7 Å². The zero-order valence-electron chi connectivity index (χ0n) is 11.1. The van der Waals surface area contributed by atoms with Gasteiger partial charge < -0.3 is 10.3 Å². The van der Waals surface area contributed by atoms with E-state index in [-0.39, 0.29) is 5.56 Å². The summed E-state index contributed by atoms with van der Waals surface area (Å²) in [5.41, 5.74) is 1.60. The summed E-state index contributed by atoms with van der Waals surface area (Å²) in [6, 6.07) is 13.0. The van der Waals surface area contributed by atoms with Crippen molar-refractivity contribution >= 4 is 5.69 Å². The monoisotopic (exact) mass is 285 g/mol. The highest BCUT2D eigenvalue weighted by Crippen LogP contribution is 2.22. The summed E-state index contributed by atoms with van der Waals surface area (Å²) in [5, 5.41) is 3.19. The average molecular weight is 285 g/mol. The van der Waals surface area contributed by atoms with Crippen LogP contribution in [0.25, 0.3) is 11.3 Å². The number of halogens is 2. The van der Waals surface area contributed by atoms with Crippen molar-refractivity contribution in [3.8, 4) is 11.3 Å². The van der Waals surface area contributed by atoms with Crippen molar-refractivity contribution in [2.45, 2.75) is 6.54 Å². The molecule has 0 unspecified atom stereocenters. The van der Waals surface area contributed by atoms with Crippen LogP contribution in [0.3, 0.4) is 0 Å². The average Bonchev–Trinajstić information content (AvgIpc) is 2.97. The molecule has 0 radical (unpaired) electrons. The summed E-state index contributed by atoms with van der Waals surface area (Å²) in [4.78, 5) is 7.16. The van der Waals surface area contributed by atoms with Gasteiger partial charge in [-0.2, -0.15) is 0 Å². The highest BCUT2D eigenvalue weighted by atomic mass is 19.1. The molecule has 0 aliphatic carbocycles. The number of imidazole rings is 1. The van der Waals surface area contributed by atoms with Crippen LogP contribution in [0.4, 0.5) is 14.5 Å². The summed E-state index contributed by atoms with van der Waals surface area (Å²) in [5.74, 6) is -0.315. The van der Waals surface area contributed by atoms with E-state index in [1.807, 2.05) is 30.3 Å². The minimum atomic E-state index is -0.484. The summed E-state index contributed by atoms with van der Waals surface area (Å²) < 4.78 is 26.9. The molecule has 0 aliphatic rings. The molecule has 3 rings (SSSR count). The van der Waals surface area contributed by atoms with Crippen molar-refractivity contribution in [1.29, 1.82) is 0 Å². The predicted octanol–water partition coefficient (Wildman–Crippen LogP) is 3.97. The smallest absolute Gasteiger partial charge is 0.132 e. The summed E-state index contributed by atoms with van der Waals surface area (Å²) in [6.45, 7) is 0.473. The third kappa shape index (κ3) is 3.08. The second-order valence-electron chi connectivity index (χ2n) is 4.59. The minimum absolute atomic E-state index is 0.175. The second kappa shape index (κ2) is 5.75. The molecule has 1 aromatic heterocycles. The number of benzene rings is 2. The normalized spacial score (nSPS) is 10.6. The highest BCUT2D eigenvalue weighted by molar-refractivity contribution is 5.59. The van der Waals surface area contributed by atoms with E-state index in [0.29, 0.717) is 18.1 Å². The first-order chi connectivity index (χ1) is 10.2. The molecule has 0 aliphatic heterocycles. The molecule has 0 atom stereocenters. The molecule has 0 saturated heterocycles. The number of nitrogens with zero attached hydrogens (tertiary/aromatic N) is 1. The molecule has 3 nitrogen and oxygen atoms in total. The van der Waals surface area contributed by atoms with Gasteiger partial charge in [0.25, 0.3) is 0 Å². The number of aromatic amines is 1. The lowest BCUT2D eigenvalue weighted by molar-refractivity contribution is 0.602. The summed E-state index contributed by atoms with van der Waals surface area (Å²) in [7, 11) is 0. The van der Waals surface area contributed by atoms with Gasteiger partial charge in [-0.1, -0.05) is 18.2 Å². The van der Waals surface area contributed by atoms with Gasteiger partial charge in [0.2, 0.25) is 0 Å². The van der Waals surface area contributed by atoms with Crippen molar-refractivity contribution in [1.82, 2.24) is 9.97 Å². The molecule has 1 heterocycles. The van der Waals surface area contributed by atoms with Crippen molar-refractivity contribution < 1.29 is 8.78 Å². The number of H-pyrrole nitrogens is 1. The standard InChI is InChI=1S/C16H13F2N3/c17-11-6-7-14(18)13(8-11)15-9-20-16(21-15)10-19-12-4-2-1-3-5-12/h1-9,19H,10H2,(H,20,21). The molecular weight excluding hydrogens is 272 g/mol. The van der Waals surface area contributed by atoms with Gasteiger partial charge in [-0.05, 0) is 30.3 Å². The zero-order chi connectivity index (χ0) is 14.7. The van der Waals surface area contributed by atoms with Crippen molar-refractivity contribution in [2.75, 3.05) is 5.32 Å². The third-order valence-electron chi connectivity index (χ3n) is 3.08. The number of rotatable bonds is 4. The number of nitrogens with one attached hydrogen (secondary N) is 2. The fourth-order valence-electron chi connectivity index (χ4n) is 2.03. The predicted molar refractivity (Wildman–Crippen MR) is 77.7 cm³/mol. The van der Waals surface area contributed by atoms with E-state index in [2.05, 4.69) is 15.3 Å². The molecule has 106 valence electrons. The number of aromatic nitrogens is 2. The number of hydrogen-bond donors (Lipinski definition) is 2. The highest BCUT2D eigenvalue weighted by Gasteiger charge is 2.09. The van der Waals surface area contributed by atoms with E-state index in [9.17, 15) is 8.78 Å². The van der Waals surface area contributed by atoms with E-state index < -0.39 is 11.6 Å². The Labute approximate surface area is 120 Å². The SMILES string of the molecule is Fc1ccc(F)c(-c2cnc(CNc3ccccc3)[nH]2)c1. The molecule has 2 N–H and O–H groups in total. The van der Waals surface area contributed by atoms with Crippen LogP contribution in [0.5, 0.6) is 0 Å². The van der Waals surface area contributed by atoms with Crippen molar-refractivity contribution in [3.05, 3.63) is 72.2 Å². The molecule has 0 saturated carbocycles. The van der Waals surface area contributed by atoms with Crippen LogP contribution in [-0.2, 0) is 6.54 Å². The first-order valence-electron chi connectivity index (χ1n) is 6.50. The van der Waals surface area contributed by atoms with Gasteiger partial charge in [0.1, 0.15) is 17.5 Å². The molecule has 0 spiro atoms. The molecule has 3 aromatic rings. The molecule has 0 bridgehead atoms. The first kappa shape index (κ1) is 13.3. The van der Waals surface area contributed by atoms with Gasteiger partial charge in [0.05, 0.1) is 18.4 Å². The quantitative estimate of drug-likeness (QED) is 0.761. The number of hydrogen-bond acceptors (Lipinski definition) is 2. The van der Waals surface area contributed by atoms with Crippen LogP contribution in [0.2, 0.25) is 0 Å². The van der Waals surface area contributed by atoms with Crippen LogP contribution in [-0.4, -0.2) is 9.97 Å². The number of anilines is 1. The molecule has 2 aromatic carbocycles. The van der Waals surface area contributed by atoms with Gasteiger partial charge in [-0.25, -0.2) is 13.8 Å². The van der Waals surface area contributed by atoms with Gasteiger partial charge >= 0.3 is 0 Å². The Kier molecular flexibility index (Phi) is 3.64. The molecule has 21 heavy (non-hydrogen) atoms.